The van der Waals surface area contributed by atoms with Crippen molar-refractivity contribution in [1.82, 2.24) is 40.0 Å². The van der Waals surface area contributed by atoms with E-state index in [0.717, 1.165) is 6.07 Å². The monoisotopic (exact) mass is 383 g/mol. The number of tetrazole rings is 1. The van der Waals surface area contributed by atoms with Gasteiger partial charge in [-0.05, 0) is 22.6 Å². The summed E-state index contributed by atoms with van der Waals surface area (Å²) in [7, 11) is 3.06. The summed E-state index contributed by atoms with van der Waals surface area (Å²) in [6.07, 6.45) is -3.45. The number of halogens is 3. The predicted molar refractivity (Wildman–Crippen MR) is 81.3 cm³/mol. The highest BCUT2D eigenvalue weighted by molar-refractivity contribution is 6.04. The molecule has 3 rings (SSSR count). The number of hydrogen-bond donors (Lipinski definition) is 1. The SMILES string of the molecule is Cn1ncnc1COc1nc(C(F)(F)F)ccc1C(=O)Nc1nnnn1C. The molecule has 3 aromatic heterocycles. The molecule has 0 aliphatic rings. The molecular formula is C13H12F3N9O2. The molecule has 3 aromatic rings. The molecule has 0 bridgehead atoms. The van der Waals surface area contributed by atoms with Gasteiger partial charge in [-0.1, -0.05) is 5.10 Å². The molecule has 0 aliphatic heterocycles. The van der Waals surface area contributed by atoms with E-state index in [-0.39, 0.29) is 18.1 Å². The zero-order valence-corrected chi connectivity index (χ0v) is 14.0. The fourth-order valence-electron chi connectivity index (χ4n) is 1.97. The summed E-state index contributed by atoms with van der Waals surface area (Å²) < 4.78 is 46.7. The van der Waals surface area contributed by atoms with Crippen LogP contribution in [0.15, 0.2) is 18.5 Å². The van der Waals surface area contributed by atoms with Gasteiger partial charge in [0.1, 0.15) is 24.2 Å². The summed E-state index contributed by atoms with van der Waals surface area (Å²) in [6.45, 7) is -0.239. The summed E-state index contributed by atoms with van der Waals surface area (Å²) in [5, 5.41) is 16.7. The van der Waals surface area contributed by atoms with Crippen LogP contribution in [-0.4, -0.2) is 45.9 Å². The highest BCUT2D eigenvalue weighted by Gasteiger charge is 2.34. The third kappa shape index (κ3) is 3.99. The van der Waals surface area contributed by atoms with Gasteiger partial charge in [0, 0.05) is 14.1 Å². The van der Waals surface area contributed by atoms with Gasteiger partial charge in [0.2, 0.25) is 11.8 Å². The molecule has 0 spiro atoms. The van der Waals surface area contributed by atoms with Crippen LogP contribution >= 0.6 is 0 Å². The smallest absolute Gasteiger partial charge is 0.433 e. The summed E-state index contributed by atoms with van der Waals surface area (Å²) in [5.41, 5.74) is -1.43. The lowest BCUT2D eigenvalue weighted by Crippen LogP contribution is -2.19. The van der Waals surface area contributed by atoms with Crippen molar-refractivity contribution in [3.8, 4) is 5.88 Å². The third-order valence-electron chi connectivity index (χ3n) is 3.38. The average molecular weight is 383 g/mol. The van der Waals surface area contributed by atoms with E-state index in [2.05, 4.69) is 35.9 Å². The molecule has 1 amide bonds. The fraction of sp³-hybridized carbons (Fsp3) is 0.308. The van der Waals surface area contributed by atoms with Gasteiger partial charge in [-0.3, -0.25) is 14.8 Å². The van der Waals surface area contributed by atoms with Gasteiger partial charge in [0.15, 0.2) is 5.82 Å². The molecule has 0 unspecified atom stereocenters. The summed E-state index contributed by atoms with van der Waals surface area (Å²) in [4.78, 5) is 19.7. The zero-order chi connectivity index (χ0) is 19.6. The molecule has 0 atom stereocenters. The van der Waals surface area contributed by atoms with Gasteiger partial charge in [0.25, 0.3) is 5.91 Å². The standard InChI is InChI=1S/C13H12F3N9O2/c1-24-9(17-6-18-24)5-27-11-7(3-4-8(19-11)13(14,15)16)10(26)20-12-21-22-23-25(12)2/h3-4,6H,5H2,1-2H3,(H,20,21,23,26). The third-order valence-corrected chi connectivity index (χ3v) is 3.38. The Morgan fingerprint density at radius 3 is 2.63 bits per heavy atom. The molecule has 0 aromatic carbocycles. The second-order valence-electron chi connectivity index (χ2n) is 5.22. The van der Waals surface area contributed by atoms with Gasteiger partial charge in [0.05, 0.1) is 0 Å². The van der Waals surface area contributed by atoms with Crippen LogP contribution < -0.4 is 10.1 Å². The molecule has 142 valence electrons. The first kappa shape index (κ1) is 18.2. The lowest BCUT2D eigenvalue weighted by atomic mass is 10.2. The Morgan fingerprint density at radius 2 is 2.04 bits per heavy atom. The normalized spacial score (nSPS) is 11.4. The Balaban J connectivity index is 1.90. The quantitative estimate of drug-likeness (QED) is 0.678. The number of amides is 1. The number of anilines is 1. The van der Waals surface area contributed by atoms with Crippen LogP contribution in [0.2, 0.25) is 0 Å². The largest absolute Gasteiger partial charge is 0.469 e. The second kappa shape index (κ2) is 6.97. The minimum atomic E-state index is -4.70. The summed E-state index contributed by atoms with van der Waals surface area (Å²) in [6, 6.07) is 1.64. The van der Waals surface area contributed by atoms with Crippen LogP contribution in [0.3, 0.4) is 0 Å². The minimum absolute atomic E-state index is 0.000788. The highest BCUT2D eigenvalue weighted by atomic mass is 19.4. The molecule has 14 heteroatoms. The van der Waals surface area contributed by atoms with Crippen molar-refractivity contribution in [2.45, 2.75) is 12.8 Å². The van der Waals surface area contributed by atoms with Crippen molar-refractivity contribution < 1.29 is 22.7 Å². The van der Waals surface area contributed by atoms with Crippen molar-refractivity contribution in [3.05, 3.63) is 35.5 Å². The number of hydrogen-bond acceptors (Lipinski definition) is 8. The number of aryl methyl sites for hydroxylation is 2. The van der Waals surface area contributed by atoms with E-state index < -0.39 is 23.7 Å². The van der Waals surface area contributed by atoms with Crippen LogP contribution in [0.4, 0.5) is 19.1 Å². The number of aromatic nitrogens is 8. The first-order valence-electron chi connectivity index (χ1n) is 7.33. The van der Waals surface area contributed by atoms with Crippen molar-refractivity contribution in [2.24, 2.45) is 14.1 Å². The molecule has 3 heterocycles. The summed E-state index contributed by atoms with van der Waals surface area (Å²) >= 11 is 0. The summed E-state index contributed by atoms with van der Waals surface area (Å²) in [5.74, 6) is -0.972. The van der Waals surface area contributed by atoms with Crippen molar-refractivity contribution in [1.29, 1.82) is 0 Å². The molecule has 27 heavy (non-hydrogen) atoms. The second-order valence-corrected chi connectivity index (χ2v) is 5.22. The number of pyridine rings is 1. The Kier molecular flexibility index (Phi) is 4.70. The highest BCUT2D eigenvalue weighted by Crippen LogP contribution is 2.30. The van der Waals surface area contributed by atoms with E-state index in [1.807, 2.05) is 0 Å². The molecule has 0 saturated carbocycles. The number of nitrogens with zero attached hydrogens (tertiary/aromatic N) is 8. The first-order valence-corrected chi connectivity index (χ1v) is 7.33. The van der Waals surface area contributed by atoms with Crippen molar-refractivity contribution >= 4 is 11.9 Å². The van der Waals surface area contributed by atoms with Gasteiger partial charge in [-0.25, -0.2) is 14.6 Å². The molecule has 0 aliphatic carbocycles. The molecule has 0 fully saturated rings. The van der Waals surface area contributed by atoms with Crippen molar-refractivity contribution in [2.75, 3.05) is 5.32 Å². The van der Waals surface area contributed by atoms with Crippen LogP contribution in [-0.2, 0) is 26.9 Å². The number of ether oxygens (including phenoxy) is 1. The molecular weight excluding hydrogens is 371 g/mol. The Bertz CT molecular complexity index is 966. The van der Waals surface area contributed by atoms with Crippen LogP contribution in [0.5, 0.6) is 5.88 Å². The van der Waals surface area contributed by atoms with E-state index in [4.69, 9.17) is 4.74 Å². The Hall–Kier alpha value is -3.58. The molecule has 11 nitrogen and oxygen atoms in total. The van der Waals surface area contributed by atoms with Crippen molar-refractivity contribution in [3.63, 3.8) is 0 Å². The lowest BCUT2D eigenvalue weighted by Gasteiger charge is -2.13. The van der Waals surface area contributed by atoms with Gasteiger partial charge in [-0.15, -0.1) is 0 Å². The van der Waals surface area contributed by atoms with Gasteiger partial charge in [-0.2, -0.15) is 18.3 Å². The fourth-order valence-corrected chi connectivity index (χ4v) is 1.97. The average Bonchev–Trinajstić information content (AvgIpc) is 3.20. The molecule has 0 saturated heterocycles. The maximum atomic E-state index is 13.0. The lowest BCUT2D eigenvalue weighted by molar-refractivity contribution is -0.141. The number of carbonyl (C=O) groups is 1. The molecule has 0 radical (unpaired) electrons. The zero-order valence-electron chi connectivity index (χ0n) is 14.0. The Labute approximate surface area is 149 Å². The van der Waals surface area contributed by atoms with Gasteiger partial charge < -0.3 is 4.74 Å². The van der Waals surface area contributed by atoms with E-state index in [1.54, 1.807) is 7.05 Å². The predicted octanol–water partition coefficient (Wildman–Crippen LogP) is 0.584. The van der Waals surface area contributed by atoms with E-state index in [1.165, 1.54) is 22.7 Å². The number of alkyl halides is 3. The first-order chi connectivity index (χ1) is 12.8. The topological polar surface area (TPSA) is 126 Å². The van der Waals surface area contributed by atoms with E-state index >= 15 is 0 Å². The van der Waals surface area contributed by atoms with Crippen LogP contribution in [0, 0.1) is 0 Å². The van der Waals surface area contributed by atoms with Gasteiger partial charge >= 0.3 is 6.18 Å². The van der Waals surface area contributed by atoms with E-state index in [0.29, 0.717) is 11.9 Å². The number of rotatable bonds is 5. The van der Waals surface area contributed by atoms with Crippen LogP contribution in [0.25, 0.3) is 0 Å². The maximum Gasteiger partial charge on any atom is 0.433 e. The molecule has 1 N–H and O–H groups in total. The Morgan fingerprint density at radius 1 is 1.26 bits per heavy atom. The number of carbonyl (C=O) groups excluding carboxylic acids is 1. The van der Waals surface area contributed by atoms with E-state index in [9.17, 15) is 18.0 Å². The number of nitrogens with one attached hydrogen (secondary N) is 1. The maximum absolute atomic E-state index is 13.0. The minimum Gasteiger partial charge on any atom is -0.469 e. The van der Waals surface area contributed by atoms with Crippen LogP contribution in [0.1, 0.15) is 21.9 Å².